The van der Waals surface area contributed by atoms with E-state index < -0.39 is 0 Å². The molecule has 0 aliphatic carbocycles. The molecule has 1 saturated heterocycles. The molecule has 2 rings (SSSR count). The van der Waals surface area contributed by atoms with Crippen LogP contribution in [0.3, 0.4) is 0 Å². The zero-order valence-corrected chi connectivity index (χ0v) is 13.4. The molecule has 5 heteroatoms. The van der Waals surface area contributed by atoms with Crippen LogP contribution in [0, 0.1) is 5.92 Å². The Kier molecular flexibility index (Phi) is 5.41. The quantitative estimate of drug-likeness (QED) is 0.802. The van der Waals surface area contributed by atoms with Gasteiger partial charge in [0.25, 0.3) is 5.91 Å². The van der Waals surface area contributed by atoms with Crippen LogP contribution >= 0.6 is 0 Å². The van der Waals surface area contributed by atoms with Crippen molar-refractivity contribution in [1.29, 1.82) is 0 Å². The second kappa shape index (κ2) is 7.29. The smallest absolute Gasteiger partial charge is 0.308 e. The number of carbonyl (C=O) groups excluding carboxylic acids is 2. The van der Waals surface area contributed by atoms with Gasteiger partial charge in [-0.25, -0.2) is 0 Å². The van der Waals surface area contributed by atoms with E-state index in [0.717, 1.165) is 0 Å². The van der Waals surface area contributed by atoms with Crippen LogP contribution in [0.25, 0.3) is 0 Å². The molecule has 1 aromatic carbocycles. The van der Waals surface area contributed by atoms with E-state index in [2.05, 4.69) is 0 Å². The molecule has 0 N–H and O–H groups in total. The lowest BCUT2D eigenvalue weighted by molar-refractivity contribution is -0.146. The summed E-state index contributed by atoms with van der Waals surface area (Å²) in [5.41, 5.74) is 0.577. The number of esters is 1. The van der Waals surface area contributed by atoms with Crippen molar-refractivity contribution in [3.8, 4) is 5.75 Å². The van der Waals surface area contributed by atoms with E-state index in [9.17, 15) is 9.59 Å². The van der Waals surface area contributed by atoms with Gasteiger partial charge in [-0.3, -0.25) is 9.59 Å². The second-order valence-corrected chi connectivity index (χ2v) is 5.75. The first-order valence-electron chi connectivity index (χ1n) is 7.65. The molecule has 1 aliphatic rings. The fraction of sp³-hybridized carbons (Fsp3) is 0.529. The molecule has 22 heavy (non-hydrogen) atoms. The fourth-order valence-electron chi connectivity index (χ4n) is 2.66. The molecule has 0 aromatic heterocycles. The Labute approximate surface area is 131 Å². The van der Waals surface area contributed by atoms with Crippen molar-refractivity contribution >= 4 is 11.9 Å². The van der Waals surface area contributed by atoms with Crippen molar-refractivity contribution in [2.24, 2.45) is 5.92 Å². The molecular weight excluding hydrogens is 282 g/mol. The van der Waals surface area contributed by atoms with E-state index >= 15 is 0 Å². The molecule has 0 unspecified atom stereocenters. The van der Waals surface area contributed by atoms with Gasteiger partial charge in [-0.05, 0) is 38.8 Å². The number of rotatable bonds is 4. The third-order valence-electron chi connectivity index (χ3n) is 3.80. The van der Waals surface area contributed by atoms with Crippen molar-refractivity contribution in [2.75, 3.05) is 20.2 Å². The highest BCUT2D eigenvalue weighted by Crippen LogP contribution is 2.25. The summed E-state index contributed by atoms with van der Waals surface area (Å²) in [6.07, 6.45) is 1.30. The Morgan fingerprint density at radius 3 is 2.41 bits per heavy atom. The number of benzene rings is 1. The summed E-state index contributed by atoms with van der Waals surface area (Å²) in [5, 5.41) is 0. The van der Waals surface area contributed by atoms with Crippen molar-refractivity contribution in [3.05, 3.63) is 29.8 Å². The van der Waals surface area contributed by atoms with Gasteiger partial charge in [-0.1, -0.05) is 12.1 Å². The third kappa shape index (κ3) is 3.78. The zero-order chi connectivity index (χ0) is 16.1. The molecule has 1 fully saturated rings. The molecule has 0 atom stereocenters. The van der Waals surface area contributed by atoms with Crippen LogP contribution in [0.5, 0.6) is 5.75 Å². The van der Waals surface area contributed by atoms with E-state index in [-0.39, 0.29) is 23.9 Å². The van der Waals surface area contributed by atoms with Crippen LogP contribution in [0.15, 0.2) is 24.3 Å². The lowest BCUT2D eigenvalue weighted by atomic mass is 9.96. The number of para-hydroxylation sites is 1. The van der Waals surface area contributed by atoms with Gasteiger partial charge < -0.3 is 14.4 Å². The highest BCUT2D eigenvalue weighted by molar-refractivity contribution is 5.97. The average Bonchev–Trinajstić information content (AvgIpc) is 2.53. The van der Waals surface area contributed by atoms with E-state index in [1.165, 1.54) is 7.11 Å². The number of carbonyl (C=O) groups is 2. The van der Waals surface area contributed by atoms with Crippen molar-refractivity contribution in [1.82, 2.24) is 4.90 Å². The third-order valence-corrected chi connectivity index (χ3v) is 3.80. The first kappa shape index (κ1) is 16.3. The molecule has 1 aromatic rings. The Bertz CT molecular complexity index is 533. The second-order valence-electron chi connectivity index (χ2n) is 5.75. The van der Waals surface area contributed by atoms with Crippen molar-refractivity contribution in [3.63, 3.8) is 0 Å². The first-order valence-corrected chi connectivity index (χ1v) is 7.65. The van der Waals surface area contributed by atoms with Gasteiger partial charge >= 0.3 is 5.97 Å². The number of likely N-dealkylation sites (tertiary alicyclic amines) is 1. The number of hydrogen-bond acceptors (Lipinski definition) is 4. The molecular formula is C17H23NO4. The molecule has 5 nitrogen and oxygen atoms in total. The van der Waals surface area contributed by atoms with E-state index in [4.69, 9.17) is 9.47 Å². The van der Waals surface area contributed by atoms with Gasteiger partial charge in [0.2, 0.25) is 0 Å². The number of nitrogens with zero attached hydrogens (tertiary/aromatic N) is 1. The summed E-state index contributed by atoms with van der Waals surface area (Å²) < 4.78 is 10.5. The summed E-state index contributed by atoms with van der Waals surface area (Å²) in [7, 11) is 1.40. The van der Waals surface area contributed by atoms with Crippen LogP contribution in [0.2, 0.25) is 0 Å². The largest absolute Gasteiger partial charge is 0.490 e. The predicted molar refractivity (Wildman–Crippen MR) is 82.8 cm³/mol. The molecule has 1 amide bonds. The lowest BCUT2D eigenvalue weighted by Crippen LogP contribution is -2.40. The monoisotopic (exact) mass is 305 g/mol. The van der Waals surface area contributed by atoms with Gasteiger partial charge in [-0.15, -0.1) is 0 Å². The van der Waals surface area contributed by atoms with Crippen LogP contribution in [-0.4, -0.2) is 43.1 Å². The maximum Gasteiger partial charge on any atom is 0.308 e. The topological polar surface area (TPSA) is 55.8 Å². The number of piperidine rings is 1. The Balaban J connectivity index is 2.06. The van der Waals surface area contributed by atoms with E-state index in [0.29, 0.717) is 37.2 Å². The van der Waals surface area contributed by atoms with Crippen LogP contribution < -0.4 is 4.74 Å². The molecule has 120 valence electrons. The van der Waals surface area contributed by atoms with Crippen molar-refractivity contribution in [2.45, 2.75) is 32.8 Å². The summed E-state index contributed by atoms with van der Waals surface area (Å²) in [5.74, 6) is 0.281. The Hall–Kier alpha value is -2.04. The zero-order valence-electron chi connectivity index (χ0n) is 13.4. The van der Waals surface area contributed by atoms with Gasteiger partial charge in [0.05, 0.1) is 24.7 Å². The lowest BCUT2D eigenvalue weighted by Gasteiger charge is -2.31. The Morgan fingerprint density at radius 1 is 1.18 bits per heavy atom. The van der Waals surface area contributed by atoms with Crippen molar-refractivity contribution < 1.29 is 19.1 Å². The fourth-order valence-corrected chi connectivity index (χ4v) is 2.66. The van der Waals surface area contributed by atoms with Gasteiger partial charge in [0.15, 0.2) is 0 Å². The van der Waals surface area contributed by atoms with E-state index in [1.54, 1.807) is 11.0 Å². The predicted octanol–water partition coefficient (Wildman–Crippen LogP) is 2.50. The first-order chi connectivity index (χ1) is 10.5. The standard InChI is InChI=1S/C17H23NO4/c1-12(2)22-15-7-5-4-6-14(15)16(19)18-10-8-13(9-11-18)17(20)21-3/h4-7,12-13H,8-11H2,1-3H3. The van der Waals surface area contributed by atoms with E-state index in [1.807, 2.05) is 32.0 Å². The summed E-state index contributed by atoms with van der Waals surface area (Å²) in [6.45, 7) is 5.00. The number of amides is 1. The SMILES string of the molecule is COC(=O)C1CCN(C(=O)c2ccccc2OC(C)C)CC1. The average molecular weight is 305 g/mol. The maximum atomic E-state index is 12.7. The molecule has 1 heterocycles. The minimum absolute atomic E-state index is 0.0130. The molecule has 0 spiro atoms. The molecule has 0 radical (unpaired) electrons. The Morgan fingerprint density at radius 2 is 1.82 bits per heavy atom. The number of methoxy groups -OCH3 is 1. The summed E-state index contributed by atoms with van der Waals surface area (Å²) in [6, 6.07) is 7.29. The molecule has 0 bridgehead atoms. The molecule has 1 aliphatic heterocycles. The van der Waals surface area contributed by atoms with Crippen LogP contribution in [0.1, 0.15) is 37.0 Å². The van der Waals surface area contributed by atoms with Gasteiger partial charge in [-0.2, -0.15) is 0 Å². The minimum atomic E-state index is -0.185. The number of hydrogen-bond donors (Lipinski definition) is 0. The van der Waals surface area contributed by atoms with Crippen LogP contribution in [0.4, 0.5) is 0 Å². The normalized spacial score (nSPS) is 15.7. The van der Waals surface area contributed by atoms with Gasteiger partial charge in [0.1, 0.15) is 5.75 Å². The highest BCUT2D eigenvalue weighted by Gasteiger charge is 2.29. The molecule has 0 saturated carbocycles. The van der Waals surface area contributed by atoms with Crippen LogP contribution in [-0.2, 0) is 9.53 Å². The number of ether oxygens (including phenoxy) is 2. The summed E-state index contributed by atoms with van der Waals surface area (Å²) in [4.78, 5) is 26.0. The van der Waals surface area contributed by atoms with Gasteiger partial charge in [0, 0.05) is 13.1 Å². The summed E-state index contributed by atoms with van der Waals surface area (Å²) >= 11 is 0. The highest BCUT2D eigenvalue weighted by atomic mass is 16.5. The minimum Gasteiger partial charge on any atom is -0.490 e. The maximum absolute atomic E-state index is 12.7.